The van der Waals surface area contributed by atoms with E-state index in [4.69, 9.17) is 4.74 Å². The average Bonchev–Trinajstić information content (AvgIpc) is 2.23. The average molecular weight is 255 g/mol. The maximum absolute atomic E-state index is 12.1. The van der Waals surface area contributed by atoms with Crippen molar-refractivity contribution in [3.63, 3.8) is 0 Å². The molecule has 0 radical (unpaired) electrons. The second kappa shape index (κ2) is 6.21. The van der Waals surface area contributed by atoms with Gasteiger partial charge < -0.3 is 9.64 Å². The van der Waals surface area contributed by atoms with Crippen LogP contribution in [0.2, 0.25) is 0 Å². The predicted molar refractivity (Wildman–Crippen MR) is 70.5 cm³/mol. The van der Waals surface area contributed by atoms with Crippen molar-refractivity contribution >= 4 is 11.9 Å². The number of unbranched alkanes of at least 4 members (excludes halogenated alkanes) is 1. The number of piperidine rings is 1. The summed E-state index contributed by atoms with van der Waals surface area (Å²) >= 11 is 0. The molecule has 0 aliphatic carbocycles. The highest BCUT2D eigenvalue weighted by Crippen LogP contribution is 2.22. The third-order valence-electron chi connectivity index (χ3n) is 3.05. The van der Waals surface area contributed by atoms with Crippen LogP contribution in [0.1, 0.15) is 59.8 Å². The molecule has 1 aliphatic rings. The summed E-state index contributed by atoms with van der Waals surface area (Å²) in [6, 6.07) is 0.0287. The van der Waals surface area contributed by atoms with Gasteiger partial charge in [-0.3, -0.25) is 4.79 Å². The fraction of sp³-hybridized carbons (Fsp3) is 0.857. The number of carbonyl (C=O) groups excluding carboxylic acids is 2. The van der Waals surface area contributed by atoms with Crippen molar-refractivity contribution in [3.8, 4) is 0 Å². The van der Waals surface area contributed by atoms with Crippen molar-refractivity contribution in [2.24, 2.45) is 0 Å². The number of ketones is 1. The molecule has 1 atom stereocenters. The molecule has 0 aromatic rings. The summed E-state index contributed by atoms with van der Waals surface area (Å²) in [5.74, 6) is 0.260. The van der Waals surface area contributed by atoms with Gasteiger partial charge in [0.1, 0.15) is 11.4 Å². The first-order valence-electron chi connectivity index (χ1n) is 6.85. The Labute approximate surface area is 110 Å². The van der Waals surface area contributed by atoms with Gasteiger partial charge in [-0.25, -0.2) is 4.79 Å². The van der Waals surface area contributed by atoms with Crippen LogP contribution < -0.4 is 0 Å². The normalized spacial score (nSPS) is 21.0. The maximum atomic E-state index is 12.1. The lowest BCUT2D eigenvalue weighted by Crippen LogP contribution is -2.48. The monoisotopic (exact) mass is 255 g/mol. The van der Waals surface area contributed by atoms with Crippen LogP contribution in [0.25, 0.3) is 0 Å². The first-order valence-corrected chi connectivity index (χ1v) is 6.85. The van der Waals surface area contributed by atoms with Gasteiger partial charge in [0.15, 0.2) is 0 Å². The van der Waals surface area contributed by atoms with Gasteiger partial charge in [0.2, 0.25) is 0 Å². The molecule has 0 unspecified atom stereocenters. The fourth-order valence-electron chi connectivity index (χ4n) is 2.16. The summed E-state index contributed by atoms with van der Waals surface area (Å²) in [7, 11) is 0. The van der Waals surface area contributed by atoms with Gasteiger partial charge in [-0.2, -0.15) is 0 Å². The lowest BCUT2D eigenvalue weighted by molar-refractivity contribution is -0.123. The number of rotatable bonds is 3. The van der Waals surface area contributed by atoms with E-state index >= 15 is 0 Å². The highest BCUT2D eigenvalue weighted by molar-refractivity contribution is 5.82. The Morgan fingerprint density at radius 3 is 2.67 bits per heavy atom. The van der Waals surface area contributed by atoms with E-state index in [0.29, 0.717) is 19.4 Å². The second-order valence-electron chi connectivity index (χ2n) is 5.96. The number of Topliss-reactive ketones (excluding diaryl/α,β-unsaturated/α-hetero) is 1. The molecule has 1 heterocycles. The van der Waals surface area contributed by atoms with Gasteiger partial charge in [0.25, 0.3) is 0 Å². The number of likely N-dealkylation sites (tertiary alicyclic amines) is 1. The van der Waals surface area contributed by atoms with E-state index < -0.39 is 5.60 Å². The van der Waals surface area contributed by atoms with Gasteiger partial charge in [-0.15, -0.1) is 0 Å². The molecule has 104 valence electrons. The van der Waals surface area contributed by atoms with Gasteiger partial charge in [0.05, 0.1) is 0 Å². The smallest absolute Gasteiger partial charge is 0.410 e. The van der Waals surface area contributed by atoms with E-state index in [1.165, 1.54) is 0 Å². The Kier molecular flexibility index (Phi) is 5.17. The Morgan fingerprint density at radius 1 is 1.44 bits per heavy atom. The Balaban J connectivity index is 2.64. The van der Waals surface area contributed by atoms with Crippen LogP contribution >= 0.6 is 0 Å². The van der Waals surface area contributed by atoms with E-state index in [1.54, 1.807) is 4.90 Å². The van der Waals surface area contributed by atoms with Crippen molar-refractivity contribution in [3.05, 3.63) is 0 Å². The summed E-state index contributed by atoms with van der Waals surface area (Å²) in [5.41, 5.74) is -0.478. The highest BCUT2D eigenvalue weighted by Gasteiger charge is 2.32. The minimum absolute atomic E-state index is 0.0287. The van der Waals surface area contributed by atoms with Crippen LogP contribution in [0.5, 0.6) is 0 Å². The molecule has 0 aromatic heterocycles. The van der Waals surface area contributed by atoms with Gasteiger partial charge in [-0.05, 0) is 27.2 Å². The van der Waals surface area contributed by atoms with Crippen molar-refractivity contribution in [1.82, 2.24) is 4.90 Å². The zero-order chi connectivity index (χ0) is 13.8. The van der Waals surface area contributed by atoms with E-state index in [1.807, 2.05) is 20.8 Å². The molecule has 1 aliphatic heterocycles. The minimum atomic E-state index is -0.478. The number of hydrogen-bond donors (Lipinski definition) is 0. The molecule has 1 fully saturated rings. The molecule has 0 spiro atoms. The Morgan fingerprint density at radius 2 is 2.11 bits per heavy atom. The van der Waals surface area contributed by atoms with Crippen LogP contribution in [0.4, 0.5) is 4.79 Å². The number of ether oxygens (including phenoxy) is 1. The van der Waals surface area contributed by atoms with E-state index in [-0.39, 0.29) is 17.9 Å². The summed E-state index contributed by atoms with van der Waals surface area (Å²) in [6.45, 7) is 8.20. The predicted octanol–water partition coefficient (Wildman–Crippen LogP) is 3.15. The van der Waals surface area contributed by atoms with Gasteiger partial charge in [-0.1, -0.05) is 19.8 Å². The van der Waals surface area contributed by atoms with Crippen LogP contribution in [-0.4, -0.2) is 35.0 Å². The Bertz CT molecular complexity index is 307. The molecule has 18 heavy (non-hydrogen) atoms. The molecule has 0 N–H and O–H groups in total. The molecular weight excluding hydrogens is 230 g/mol. The van der Waals surface area contributed by atoms with E-state index in [9.17, 15) is 9.59 Å². The van der Waals surface area contributed by atoms with Crippen LogP contribution in [-0.2, 0) is 9.53 Å². The van der Waals surface area contributed by atoms with Crippen molar-refractivity contribution in [2.45, 2.75) is 71.4 Å². The summed E-state index contributed by atoms with van der Waals surface area (Å²) in [6.07, 6.45) is 3.67. The summed E-state index contributed by atoms with van der Waals surface area (Å²) < 4.78 is 5.40. The summed E-state index contributed by atoms with van der Waals surface area (Å²) in [5, 5.41) is 0. The standard InChI is InChI=1S/C14H25NO3/c1-5-6-7-11-10-12(16)8-9-15(11)13(17)18-14(2,3)4/h11H,5-10H2,1-4H3/t11-/m1/s1. The molecule has 4 nitrogen and oxygen atoms in total. The molecule has 4 heteroatoms. The van der Waals surface area contributed by atoms with E-state index in [2.05, 4.69) is 6.92 Å². The number of nitrogens with zero attached hydrogens (tertiary/aromatic N) is 1. The first kappa shape index (κ1) is 15.0. The molecule has 1 rings (SSSR count). The topological polar surface area (TPSA) is 46.6 Å². The Hall–Kier alpha value is -1.06. The third-order valence-corrected chi connectivity index (χ3v) is 3.05. The lowest BCUT2D eigenvalue weighted by Gasteiger charge is -2.36. The molecule has 0 saturated carbocycles. The fourth-order valence-corrected chi connectivity index (χ4v) is 2.16. The second-order valence-corrected chi connectivity index (χ2v) is 5.96. The lowest BCUT2D eigenvalue weighted by atomic mass is 9.97. The maximum Gasteiger partial charge on any atom is 0.410 e. The van der Waals surface area contributed by atoms with Crippen molar-refractivity contribution < 1.29 is 14.3 Å². The molecule has 1 saturated heterocycles. The summed E-state index contributed by atoms with van der Waals surface area (Å²) in [4.78, 5) is 25.3. The largest absolute Gasteiger partial charge is 0.444 e. The van der Waals surface area contributed by atoms with Crippen LogP contribution in [0.3, 0.4) is 0 Å². The van der Waals surface area contributed by atoms with Gasteiger partial charge >= 0.3 is 6.09 Å². The number of hydrogen-bond acceptors (Lipinski definition) is 3. The molecule has 0 aromatic carbocycles. The van der Waals surface area contributed by atoms with Gasteiger partial charge in [0, 0.05) is 25.4 Å². The third kappa shape index (κ3) is 4.67. The number of carbonyl (C=O) groups is 2. The first-order chi connectivity index (χ1) is 8.33. The minimum Gasteiger partial charge on any atom is -0.444 e. The zero-order valence-electron chi connectivity index (χ0n) is 12.0. The zero-order valence-corrected chi connectivity index (χ0v) is 12.0. The van der Waals surface area contributed by atoms with Crippen molar-refractivity contribution in [2.75, 3.05) is 6.54 Å². The van der Waals surface area contributed by atoms with E-state index in [0.717, 1.165) is 19.3 Å². The SMILES string of the molecule is CCCC[C@@H]1CC(=O)CCN1C(=O)OC(C)(C)C. The number of amides is 1. The quantitative estimate of drug-likeness (QED) is 0.778. The molecule has 1 amide bonds. The van der Waals surface area contributed by atoms with Crippen molar-refractivity contribution in [1.29, 1.82) is 0 Å². The molecular formula is C14H25NO3. The van der Waals surface area contributed by atoms with Crippen LogP contribution in [0, 0.1) is 0 Å². The van der Waals surface area contributed by atoms with Crippen LogP contribution in [0.15, 0.2) is 0 Å². The molecule has 0 bridgehead atoms. The highest BCUT2D eigenvalue weighted by atomic mass is 16.6.